The molecule has 3 rings (SSSR count). The second kappa shape index (κ2) is 5.78. The number of rotatable bonds is 5. The summed E-state index contributed by atoms with van der Waals surface area (Å²) in [6, 6.07) is 9.67. The highest BCUT2D eigenvalue weighted by molar-refractivity contribution is 5.78. The molecular formula is C15H15N3O3. The minimum atomic E-state index is -0.0775. The molecule has 1 amide bonds. The molecule has 0 saturated heterocycles. The van der Waals surface area contributed by atoms with Crippen molar-refractivity contribution < 1.29 is 13.7 Å². The summed E-state index contributed by atoms with van der Waals surface area (Å²) in [5, 5.41) is 7.52. The molecule has 1 N–H and O–H groups in total. The first-order valence-corrected chi connectivity index (χ1v) is 6.74. The lowest BCUT2D eigenvalue weighted by atomic mass is 10.2. The second-order valence-corrected chi connectivity index (χ2v) is 4.76. The fourth-order valence-corrected chi connectivity index (χ4v) is 2.06. The third-order valence-corrected chi connectivity index (χ3v) is 3.07. The molecule has 108 valence electrons. The van der Waals surface area contributed by atoms with Gasteiger partial charge in [-0.2, -0.15) is 4.98 Å². The van der Waals surface area contributed by atoms with E-state index in [-0.39, 0.29) is 5.91 Å². The van der Waals surface area contributed by atoms with Crippen LogP contribution < -0.4 is 5.32 Å². The molecule has 0 atom stereocenters. The van der Waals surface area contributed by atoms with Gasteiger partial charge in [0.15, 0.2) is 5.82 Å². The summed E-state index contributed by atoms with van der Waals surface area (Å²) in [7, 11) is 0. The van der Waals surface area contributed by atoms with E-state index in [0.717, 1.165) is 16.7 Å². The molecule has 0 spiro atoms. The summed E-state index contributed by atoms with van der Waals surface area (Å²) >= 11 is 0. The molecule has 2 heterocycles. The first kappa shape index (κ1) is 13.4. The molecule has 0 aliphatic carbocycles. The number of fused-ring (bicyclic) bond motifs is 1. The number of nitrogens with one attached hydrogen (secondary N) is 1. The van der Waals surface area contributed by atoms with E-state index in [1.165, 1.54) is 0 Å². The van der Waals surface area contributed by atoms with Crippen molar-refractivity contribution in [3.63, 3.8) is 0 Å². The van der Waals surface area contributed by atoms with Crippen molar-refractivity contribution in [1.29, 1.82) is 0 Å². The van der Waals surface area contributed by atoms with Crippen molar-refractivity contribution in [3.05, 3.63) is 47.8 Å². The number of carbonyl (C=O) groups excluding carboxylic acids is 1. The summed E-state index contributed by atoms with van der Waals surface area (Å²) in [5.74, 6) is 1.71. The third-order valence-electron chi connectivity index (χ3n) is 3.07. The van der Waals surface area contributed by atoms with Crippen molar-refractivity contribution in [2.24, 2.45) is 0 Å². The SMILES string of the molecule is Cc1noc(CCC(=O)NCc2cc3ccccc3o2)n1. The Morgan fingerprint density at radius 1 is 1.33 bits per heavy atom. The summed E-state index contributed by atoms with van der Waals surface area (Å²) < 4.78 is 10.6. The van der Waals surface area contributed by atoms with Crippen molar-refractivity contribution >= 4 is 16.9 Å². The van der Waals surface area contributed by atoms with Crippen molar-refractivity contribution in [1.82, 2.24) is 15.5 Å². The van der Waals surface area contributed by atoms with Gasteiger partial charge in [-0.25, -0.2) is 0 Å². The van der Waals surface area contributed by atoms with Crippen LogP contribution in [0.4, 0.5) is 0 Å². The lowest BCUT2D eigenvalue weighted by Gasteiger charge is -2.01. The average Bonchev–Trinajstić information content (AvgIpc) is 3.08. The molecule has 0 unspecified atom stereocenters. The van der Waals surface area contributed by atoms with Gasteiger partial charge in [-0.05, 0) is 19.1 Å². The number of aromatic nitrogens is 2. The molecule has 3 aromatic rings. The van der Waals surface area contributed by atoms with E-state index in [9.17, 15) is 4.79 Å². The summed E-state index contributed by atoms with van der Waals surface area (Å²) in [6.07, 6.45) is 0.745. The van der Waals surface area contributed by atoms with Gasteiger partial charge in [-0.15, -0.1) is 0 Å². The maximum Gasteiger partial charge on any atom is 0.227 e. The summed E-state index contributed by atoms with van der Waals surface area (Å²) in [6.45, 7) is 2.12. The zero-order chi connectivity index (χ0) is 14.7. The van der Waals surface area contributed by atoms with E-state index in [0.29, 0.717) is 31.1 Å². The Kier molecular flexibility index (Phi) is 3.68. The Labute approximate surface area is 121 Å². The van der Waals surface area contributed by atoms with Gasteiger partial charge < -0.3 is 14.3 Å². The second-order valence-electron chi connectivity index (χ2n) is 4.76. The predicted molar refractivity (Wildman–Crippen MR) is 75.4 cm³/mol. The fourth-order valence-electron chi connectivity index (χ4n) is 2.06. The van der Waals surface area contributed by atoms with Gasteiger partial charge in [-0.3, -0.25) is 4.79 Å². The van der Waals surface area contributed by atoms with Gasteiger partial charge in [0.25, 0.3) is 0 Å². The molecule has 0 aliphatic heterocycles. The highest BCUT2D eigenvalue weighted by atomic mass is 16.5. The highest BCUT2D eigenvalue weighted by Crippen LogP contribution is 2.18. The number of benzene rings is 1. The molecule has 6 heteroatoms. The Bertz CT molecular complexity index is 727. The topological polar surface area (TPSA) is 81.2 Å². The number of hydrogen-bond donors (Lipinski definition) is 1. The van der Waals surface area contributed by atoms with E-state index in [1.807, 2.05) is 30.3 Å². The van der Waals surface area contributed by atoms with E-state index in [4.69, 9.17) is 8.94 Å². The number of para-hydroxylation sites is 1. The Morgan fingerprint density at radius 3 is 2.95 bits per heavy atom. The van der Waals surface area contributed by atoms with Gasteiger partial charge in [0.2, 0.25) is 11.8 Å². The Morgan fingerprint density at radius 2 is 2.19 bits per heavy atom. The van der Waals surface area contributed by atoms with Crippen molar-refractivity contribution in [2.75, 3.05) is 0 Å². The first-order chi connectivity index (χ1) is 10.2. The van der Waals surface area contributed by atoms with Crippen LogP contribution in [-0.4, -0.2) is 16.0 Å². The fraction of sp³-hybridized carbons (Fsp3) is 0.267. The number of carbonyl (C=O) groups is 1. The van der Waals surface area contributed by atoms with Gasteiger partial charge in [0.05, 0.1) is 6.54 Å². The van der Waals surface area contributed by atoms with Crippen molar-refractivity contribution in [3.8, 4) is 0 Å². The molecule has 21 heavy (non-hydrogen) atoms. The molecule has 6 nitrogen and oxygen atoms in total. The first-order valence-electron chi connectivity index (χ1n) is 6.74. The minimum Gasteiger partial charge on any atom is -0.459 e. The van der Waals surface area contributed by atoms with Crippen LogP contribution in [0, 0.1) is 6.92 Å². The molecular weight excluding hydrogens is 270 g/mol. The molecule has 0 fully saturated rings. The van der Waals surface area contributed by atoms with E-state index in [2.05, 4.69) is 15.5 Å². The van der Waals surface area contributed by atoms with Crippen LogP contribution in [0.1, 0.15) is 23.9 Å². The van der Waals surface area contributed by atoms with Crippen LogP contribution in [0.2, 0.25) is 0 Å². The third kappa shape index (κ3) is 3.28. The quantitative estimate of drug-likeness (QED) is 0.778. The standard InChI is InChI=1S/C15H15N3O3/c1-10-17-15(21-18-10)7-6-14(19)16-9-12-8-11-4-2-3-5-13(11)20-12/h2-5,8H,6-7,9H2,1H3,(H,16,19). The van der Waals surface area contributed by atoms with Gasteiger partial charge >= 0.3 is 0 Å². The van der Waals surface area contributed by atoms with E-state index in [1.54, 1.807) is 6.92 Å². The van der Waals surface area contributed by atoms with Crippen LogP contribution in [-0.2, 0) is 17.8 Å². The predicted octanol–water partition coefficient (Wildman–Crippen LogP) is 2.37. The van der Waals surface area contributed by atoms with Crippen LogP contribution in [0.5, 0.6) is 0 Å². The van der Waals surface area contributed by atoms with Gasteiger partial charge in [0.1, 0.15) is 11.3 Å². The maximum atomic E-state index is 11.8. The Balaban J connectivity index is 1.51. The maximum absolute atomic E-state index is 11.8. The average molecular weight is 285 g/mol. The summed E-state index contributed by atoms with van der Waals surface area (Å²) in [4.78, 5) is 15.8. The number of furan rings is 1. The minimum absolute atomic E-state index is 0.0775. The highest BCUT2D eigenvalue weighted by Gasteiger charge is 2.08. The van der Waals surface area contributed by atoms with Gasteiger partial charge in [0, 0.05) is 18.2 Å². The number of hydrogen-bond acceptors (Lipinski definition) is 5. The van der Waals surface area contributed by atoms with Crippen LogP contribution in [0.3, 0.4) is 0 Å². The molecule has 0 saturated carbocycles. The van der Waals surface area contributed by atoms with E-state index < -0.39 is 0 Å². The molecule has 0 aliphatic rings. The number of aryl methyl sites for hydroxylation is 2. The smallest absolute Gasteiger partial charge is 0.227 e. The van der Waals surface area contributed by atoms with Crippen LogP contribution in [0.25, 0.3) is 11.0 Å². The zero-order valence-electron chi connectivity index (χ0n) is 11.6. The van der Waals surface area contributed by atoms with Crippen LogP contribution in [0.15, 0.2) is 39.3 Å². The molecule has 1 aromatic carbocycles. The Hall–Kier alpha value is -2.63. The van der Waals surface area contributed by atoms with E-state index >= 15 is 0 Å². The largest absolute Gasteiger partial charge is 0.459 e. The zero-order valence-corrected chi connectivity index (χ0v) is 11.6. The molecule has 2 aromatic heterocycles. The monoisotopic (exact) mass is 285 g/mol. The number of nitrogens with zero attached hydrogens (tertiary/aromatic N) is 2. The number of amides is 1. The summed E-state index contributed by atoms with van der Waals surface area (Å²) in [5.41, 5.74) is 0.822. The molecule has 0 bridgehead atoms. The van der Waals surface area contributed by atoms with Gasteiger partial charge in [-0.1, -0.05) is 23.4 Å². The lowest BCUT2D eigenvalue weighted by Crippen LogP contribution is -2.22. The lowest BCUT2D eigenvalue weighted by molar-refractivity contribution is -0.121. The molecule has 0 radical (unpaired) electrons. The van der Waals surface area contributed by atoms with Crippen molar-refractivity contribution in [2.45, 2.75) is 26.3 Å². The normalized spacial score (nSPS) is 10.9. The van der Waals surface area contributed by atoms with Crippen LogP contribution >= 0.6 is 0 Å².